The quantitative estimate of drug-likeness (QED) is 0.434. The SMILES string of the molecule is COC1(OC)[C@@]2(Br)C(Br)=C(Br)[C@]1(Br)[C@H](CO)[C@@H]2CO. The van der Waals surface area contributed by atoms with Gasteiger partial charge in [-0.3, -0.25) is 0 Å². The molecule has 0 aromatic carbocycles. The lowest BCUT2D eigenvalue weighted by Crippen LogP contribution is -2.57. The molecule has 4 atom stereocenters. The smallest absolute Gasteiger partial charge is 0.209 e. The molecule has 1 fully saturated rings. The van der Waals surface area contributed by atoms with Crippen LogP contribution in [0.4, 0.5) is 0 Å². The zero-order valence-electron chi connectivity index (χ0n) is 10.3. The Balaban J connectivity index is 2.77. The topological polar surface area (TPSA) is 58.9 Å². The normalized spacial score (nSPS) is 44.2. The van der Waals surface area contributed by atoms with Gasteiger partial charge in [0.2, 0.25) is 5.79 Å². The number of methoxy groups -OCH3 is 2. The Hall–Kier alpha value is 1.50. The van der Waals surface area contributed by atoms with Crippen LogP contribution in [0.5, 0.6) is 0 Å². The van der Waals surface area contributed by atoms with Crippen molar-refractivity contribution < 1.29 is 19.7 Å². The van der Waals surface area contributed by atoms with Gasteiger partial charge >= 0.3 is 0 Å². The summed E-state index contributed by atoms with van der Waals surface area (Å²) in [5.74, 6) is -1.63. The Labute approximate surface area is 145 Å². The van der Waals surface area contributed by atoms with Gasteiger partial charge in [0.15, 0.2) is 0 Å². The van der Waals surface area contributed by atoms with Gasteiger partial charge in [-0.05, 0) is 0 Å². The molecule has 2 rings (SSSR count). The maximum Gasteiger partial charge on any atom is 0.209 e. The zero-order chi connectivity index (χ0) is 14.6. The molecular formula is C11H14Br4O4. The highest BCUT2D eigenvalue weighted by molar-refractivity contribution is 9.16. The summed E-state index contributed by atoms with van der Waals surface area (Å²) in [7, 11) is 3.10. The fourth-order valence-electron chi connectivity index (χ4n) is 3.42. The van der Waals surface area contributed by atoms with Gasteiger partial charge in [0, 0.05) is 48.2 Å². The van der Waals surface area contributed by atoms with Crippen molar-refractivity contribution in [1.82, 2.24) is 0 Å². The Morgan fingerprint density at radius 3 is 1.47 bits per heavy atom. The zero-order valence-corrected chi connectivity index (χ0v) is 16.6. The first kappa shape index (κ1) is 16.9. The Kier molecular flexibility index (Phi) is 4.70. The highest BCUT2D eigenvalue weighted by atomic mass is 79.9. The fourth-order valence-corrected chi connectivity index (χ4v) is 8.56. The third-order valence-electron chi connectivity index (χ3n) is 4.27. The van der Waals surface area contributed by atoms with E-state index in [2.05, 4.69) is 63.7 Å². The molecule has 0 aliphatic heterocycles. The number of fused-ring (bicyclic) bond motifs is 2. The van der Waals surface area contributed by atoms with Gasteiger partial charge in [0.05, 0.1) is 0 Å². The van der Waals surface area contributed by atoms with Crippen molar-refractivity contribution in [1.29, 1.82) is 0 Å². The minimum atomic E-state index is -1.08. The minimum Gasteiger partial charge on any atom is -0.396 e. The number of aliphatic hydroxyl groups is 2. The number of aliphatic hydroxyl groups excluding tert-OH is 2. The molecule has 19 heavy (non-hydrogen) atoms. The van der Waals surface area contributed by atoms with Crippen molar-refractivity contribution >= 4 is 63.7 Å². The van der Waals surface area contributed by atoms with E-state index in [9.17, 15) is 10.2 Å². The molecule has 0 aromatic rings. The van der Waals surface area contributed by atoms with Crippen molar-refractivity contribution in [2.45, 2.75) is 14.4 Å². The molecule has 2 bridgehead atoms. The highest BCUT2D eigenvalue weighted by Gasteiger charge is 2.82. The first-order chi connectivity index (χ1) is 8.83. The van der Waals surface area contributed by atoms with Crippen molar-refractivity contribution in [3.8, 4) is 0 Å². The largest absolute Gasteiger partial charge is 0.396 e. The number of ether oxygens (including phenoxy) is 2. The molecular weight excluding hydrogens is 516 g/mol. The van der Waals surface area contributed by atoms with Gasteiger partial charge in [0.1, 0.15) is 8.65 Å². The van der Waals surface area contributed by atoms with E-state index in [-0.39, 0.29) is 25.0 Å². The average molecular weight is 530 g/mol. The molecule has 110 valence electrons. The monoisotopic (exact) mass is 526 g/mol. The molecule has 0 unspecified atom stereocenters. The number of hydrogen-bond acceptors (Lipinski definition) is 4. The first-order valence-corrected chi connectivity index (χ1v) is 8.76. The highest BCUT2D eigenvalue weighted by Crippen LogP contribution is 2.75. The summed E-state index contributed by atoms with van der Waals surface area (Å²) in [6.45, 7) is -0.207. The maximum absolute atomic E-state index is 9.76. The predicted molar refractivity (Wildman–Crippen MR) is 86.1 cm³/mol. The van der Waals surface area contributed by atoms with Gasteiger partial charge in [-0.15, -0.1) is 0 Å². The molecule has 2 aliphatic rings. The van der Waals surface area contributed by atoms with Crippen molar-refractivity contribution in [2.75, 3.05) is 27.4 Å². The first-order valence-electron chi connectivity index (χ1n) is 5.59. The number of rotatable bonds is 4. The molecule has 2 aliphatic carbocycles. The van der Waals surface area contributed by atoms with Crippen LogP contribution in [0.15, 0.2) is 8.96 Å². The number of alkyl halides is 2. The van der Waals surface area contributed by atoms with Crippen molar-refractivity contribution in [3.63, 3.8) is 0 Å². The molecule has 4 nitrogen and oxygen atoms in total. The summed E-state index contributed by atoms with van der Waals surface area (Å²) >= 11 is 14.5. The average Bonchev–Trinajstić information content (AvgIpc) is 2.66. The van der Waals surface area contributed by atoms with Gasteiger partial charge in [0.25, 0.3) is 0 Å². The van der Waals surface area contributed by atoms with E-state index < -0.39 is 14.4 Å². The molecule has 0 amide bonds. The van der Waals surface area contributed by atoms with Gasteiger partial charge in [-0.2, -0.15) is 0 Å². The number of hydrogen-bond donors (Lipinski definition) is 2. The maximum atomic E-state index is 9.76. The standard InChI is InChI=1S/C11H14Br4O4/c1-18-11(19-2)9(14)5(3-16)6(4-17)10(11,15)8(13)7(9)12/h5-6,16-17H,3-4H2,1-2H3/t5-,6+,9-,10+. The second-order valence-electron chi connectivity index (χ2n) is 4.65. The van der Waals surface area contributed by atoms with Gasteiger partial charge in [-0.1, -0.05) is 63.7 Å². The van der Waals surface area contributed by atoms with Crippen LogP contribution in [0, 0.1) is 11.8 Å². The Morgan fingerprint density at radius 2 is 1.26 bits per heavy atom. The summed E-state index contributed by atoms with van der Waals surface area (Å²) in [5, 5.41) is 19.5. The van der Waals surface area contributed by atoms with Crippen LogP contribution in [0.3, 0.4) is 0 Å². The predicted octanol–water partition coefficient (Wildman–Crippen LogP) is 2.49. The molecule has 1 saturated carbocycles. The van der Waals surface area contributed by atoms with E-state index in [1.165, 1.54) is 0 Å². The van der Waals surface area contributed by atoms with Gasteiger partial charge < -0.3 is 19.7 Å². The van der Waals surface area contributed by atoms with Crippen molar-refractivity contribution in [3.05, 3.63) is 8.96 Å². The molecule has 8 heteroatoms. The van der Waals surface area contributed by atoms with Crippen LogP contribution < -0.4 is 0 Å². The van der Waals surface area contributed by atoms with E-state index in [0.717, 1.165) is 8.96 Å². The van der Waals surface area contributed by atoms with Crippen molar-refractivity contribution in [2.24, 2.45) is 11.8 Å². The van der Waals surface area contributed by atoms with Crippen LogP contribution >= 0.6 is 63.7 Å². The molecule has 0 aromatic heterocycles. The van der Waals surface area contributed by atoms with Crippen LogP contribution in [0.2, 0.25) is 0 Å². The molecule has 0 saturated heterocycles. The molecule has 0 spiro atoms. The van der Waals surface area contributed by atoms with Crippen LogP contribution in [-0.2, 0) is 9.47 Å². The third kappa shape index (κ3) is 1.58. The Bertz CT molecular complexity index is 391. The van der Waals surface area contributed by atoms with E-state index in [4.69, 9.17) is 9.47 Å². The van der Waals surface area contributed by atoms with E-state index in [0.29, 0.717) is 0 Å². The summed E-state index contributed by atoms with van der Waals surface area (Å²) in [4.78, 5) is 0. The molecule has 0 radical (unpaired) electrons. The lowest BCUT2D eigenvalue weighted by molar-refractivity contribution is -0.215. The minimum absolute atomic E-state index is 0.103. The number of halogens is 4. The summed E-state index contributed by atoms with van der Waals surface area (Å²) in [5.41, 5.74) is 0. The summed E-state index contributed by atoms with van der Waals surface area (Å²) in [6, 6.07) is 0. The molecule has 2 N–H and O–H groups in total. The third-order valence-corrected chi connectivity index (χ3v) is 10.9. The molecule has 0 heterocycles. The van der Waals surface area contributed by atoms with Gasteiger partial charge in [-0.25, -0.2) is 0 Å². The van der Waals surface area contributed by atoms with E-state index in [1.807, 2.05) is 0 Å². The fraction of sp³-hybridized carbons (Fsp3) is 0.818. The lowest BCUT2D eigenvalue weighted by atomic mass is 9.84. The van der Waals surface area contributed by atoms with Crippen LogP contribution in [-0.4, -0.2) is 52.1 Å². The second kappa shape index (κ2) is 5.30. The second-order valence-corrected chi connectivity index (χ2v) is 8.74. The van der Waals surface area contributed by atoms with Crippen LogP contribution in [0.25, 0.3) is 0 Å². The van der Waals surface area contributed by atoms with E-state index >= 15 is 0 Å². The van der Waals surface area contributed by atoms with E-state index in [1.54, 1.807) is 14.2 Å². The van der Waals surface area contributed by atoms with Crippen LogP contribution in [0.1, 0.15) is 0 Å². The summed E-state index contributed by atoms with van der Waals surface area (Å²) < 4.78 is 11.5. The summed E-state index contributed by atoms with van der Waals surface area (Å²) in [6.07, 6.45) is 0. The lowest BCUT2D eigenvalue weighted by Gasteiger charge is -2.42. The Morgan fingerprint density at radius 1 is 0.947 bits per heavy atom.